The van der Waals surface area contributed by atoms with Crippen LogP contribution in [0.3, 0.4) is 0 Å². The Bertz CT molecular complexity index is 1010. The molecule has 0 fully saturated rings. The molecule has 0 N–H and O–H groups in total. The molecule has 0 heterocycles. The van der Waals surface area contributed by atoms with Crippen LogP contribution in [-0.4, -0.2) is 5.97 Å². The molecule has 0 aliphatic rings. The molecule has 0 aliphatic carbocycles. The number of rotatable bonds is 6. The van der Waals surface area contributed by atoms with Gasteiger partial charge in [-0.2, -0.15) is 0 Å². The summed E-state index contributed by atoms with van der Waals surface area (Å²) >= 11 is 0. The number of carbonyl (C=O) groups is 1. The molecular formula is C26H22O2. The Kier molecular flexibility index (Phi) is 6.03. The van der Waals surface area contributed by atoms with Crippen LogP contribution < -0.4 is 4.74 Å². The van der Waals surface area contributed by atoms with Crippen LogP contribution in [0.15, 0.2) is 104 Å². The van der Waals surface area contributed by atoms with E-state index in [-0.39, 0.29) is 0 Å². The van der Waals surface area contributed by atoms with Crippen LogP contribution in [0.1, 0.15) is 18.1 Å². The monoisotopic (exact) mass is 366 g/mol. The number of esters is 1. The summed E-state index contributed by atoms with van der Waals surface area (Å²) in [4.78, 5) is 11.5. The summed E-state index contributed by atoms with van der Waals surface area (Å²) < 4.78 is 5.19. The highest BCUT2D eigenvalue weighted by Crippen LogP contribution is 2.23. The van der Waals surface area contributed by atoms with Gasteiger partial charge in [-0.15, -0.1) is 0 Å². The van der Waals surface area contributed by atoms with Crippen molar-refractivity contribution in [1.82, 2.24) is 0 Å². The zero-order valence-corrected chi connectivity index (χ0v) is 15.9. The van der Waals surface area contributed by atoms with Crippen molar-refractivity contribution in [2.24, 2.45) is 0 Å². The lowest BCUT2D eigenvalue weighted by atomic mass is 10.0. The third-order valence-corrected chi connectivity index (χ3v) is 4.28. The summed E-state index contributed by atoms with van der Waals surface area (Å²) in [5.41, 5.74) is 5.75. The van der Waals surface area contributed by atoms with Gasteiger partial charge in [0.1, 0.15) is 5.75 Å². The SMILES string of the molecule is C=C(C)C(=O)Oc1ccc(/C=C/C(=C)c2ccc(-c3ccccc3)cc2)cc1. The lowest BCUT2D eigenvalue weighted by Crippen LogP contribution is -2.07. The minimum atomic E-state index is -0.421. The van der Waals surface area contributed by atoms with Crippen LogP contribution in [0.5, 0.6) is 5.75 Å². The van der Waals surface area contributed by atoms with Crippen LogP contribution in [-0.2, 0) is 4.79 Å². The molecule has 0 aliphatic heterocycles. The molecule has 2 nitrogen and oxygen atoms in total. The first-order valence-electron chi connectivity index (χ1n) is 9.03. The molecular weight excluding hydrogens is 344 g/mol. The van der Waals surface area contributed by atoms with E-state index in [9.17, 15) is 4.79 Å². The van der Waals surface area contributed by atoms with Crippen molar-refractivity contribution in [3.63, 3.8) is 0 Å². The molecule has 0 amide bonds. The molecule has 0 saturated carbocycles. The molecule has 2 heteroatoms. The minimum Gasteiger partial charge on any atom is -0.423 e. The predicted molar refractivity (Wildman–Crippen MR) is 117 cm³/mol. The van der Waals surface area contributed by atoms with E-state index in [2.05, 4.69) is 49.6 Å². The molecule has 0 bridgehead atoms. The van der Waals surface area contributed by atoms with Crippen LogP contribution in [0.4, 0.5) is 0 Å². The largest absolute Gasteiger partial charge is 0.423 e. The number of benzene rings is 3. The molecule has 3 aromatic rings. The van der Waals surface area contributed by atoms with Gasteiger partial charge in [0.15, 0.2) is 0 Å². The molecule has 0 saturated heterocycles. The second-order valence-corrected chi connectivity index (χ2v) is 6.54. The Morgan fingerprint density at radius 3 is 2.04 bits per heavy atom. The molecule has 0 radical (unpaired) electrons. The predicted octanol–water partition coefficient (Wildman–Crippen LogP) is 6.56. The van der Waals surface area contributed by atoms with E-state index in [0.29, 0.717) is 11.3 Å². The normalized spacial score (nSPS) is 10.6. The molecule has 3 aromatic carbocycles. The van der Waals surface area contributed by atoms with E-state index in [4.69, 9.17) is 4.74 Å². The summed E-state index contributed by atoms with van der Waals surface area (Å²) in [6.07, 6.45) is 3.96. The lowest BCUT2D eigenvalue weighted by Gasteiger charge is -2.05. The quantitative estimate of drug-likeness (QED) is 0.214. The number of hydrogen-bond acceptors (Lipinski definition) is 2. The fourth-order valence-corrected chi connectivity index (χ4v) is 2.64. The third-order valence-electron chi connectivity index (χ3n) is 4.28. The Morgan fingerprint density at radius 2 is 1.43 bits per heavy atom. The second-order valence-electron chi connectivity index (χ2n) is 6.54. The number of carbonyl (C=O) groups excluding carboxylic acids is 1. The maximum Gasteiger partial charge on any atom is 0.338 e. The molecule has 0 atom stereocenters. The number of ether oxygens (including phenoxy) is 1. The highest BCUT2D eigenvalue weighted by Gasteiger charge is 2.04. The minimum absolute atomic E-state index is 0.374. The van der Waals surface area contributed by atoms with Gasteiger partial charge in [-0.1, -0.05) is 92.0 Å². The third kappa shape index (κ3) is 4.95. The van der Waals surface area contributed by atoms with Crippen LogP contribution >= 0.6 is 0 Å². The van der Waals surface area contributed by atoms with Gasteiger partial charge in [0.05, 0.1) is 0 Å². The summed E-state index contributed by atoms with van der Waals surface area (Å²) in [6, 6.07) is 26.0. The first-order chi connectivity index (χ1) is 13.5. The highest BCUT2D eigenvalue weighted by atomic mass is 16.5. The fraction of sp³-hybridized carbons (Fsp3) is 0.0385. The topological polar surface area (TPSA) is 26.3 Å². The van der Waals surface area contributed by atoms with Crippen LogP contribution in [0, 0.1) is 0 Å². The van der Waals surface area contributed by atoms with Crippen LogP contribution in [0.25, 0.3) is 22.8 Å². The Hall–Kier alpha value is -3.65. The Labute approximate surface area is 166 Å². The Balaban J connectivity index is 1.65. The summed E-state index contributed by atoms with van der Waals surface area (Å²) in [7, 11) is 0. The van der Waals surface area contributed by atoms with Crippen molar-refractivity contribution < 1.29 is 9.53 Å². The van der Waals surface area contributed by atoms with Gasteiger partial charge >= 0.3 is 5.97 Å². The van der Waals surface area contributed by atoms with Crippen molar-refractivity contribution in [2.75, 3.05) is 0 Å². The van der Waals surface area contributed by atoms with Gasteiger partial charge in [-0.25, -0.2) is 4.79 Å². The summed E-state index contributed by atoms with van der Waals surface area (Å²) in [6.45, 7) is 9.35. The van der Waals surface area contributed by atoms with Gasteiger partial charge < -0.3 is 4.74 Å². The van der Waals surface area contributed by atoms with Gasteiger partial charge in [0.25, 0.3) is 0 Å². The molecule has 138 valence electrons. The van der Waals surface area contributed by atoms with Crippen molar-refractivity contribution in [3.05, 3.63) is 115 Å². The number of hydrogen-bond donors (Lipinski definition) is 0. The zero-order valence-electron chi connectivity index (χ0n) is 15.9. The number of allylic oxidation sites excluding steroid dienone is 2. The van der Waals surface area contributed by atoms with E-state index in [0.717, 1.165) is 16.7 Å². The maximum atomic E-state index is 11.5. The van der Waals surface area contributed by atoms with Gasteiger partial charge in [0, 0.05) is 5.57 Å². The smallest absolute Gasteiger partial charge is 0.338 e. The van der Waals surface area contributed by atoms with Crippen molar-refractivity contribution >= 4 is 17.6 Å². The standard InChI is InChI=1S/C26H22O2/c1-19(2)26(27)28-25-17-11-21(12-18-25)10-9-20(3)22-13-15-24(16-14-22)23-7-5-4-6-8-23/h4-18H,1,3H2,2H3/b10-9+. The summed E-state index contributed by atoms with van der Waals surface area (Å²) in [5, 5.41) is 0. The summed E-state index contributed by atoms with van der Waals surface area (Å²) in [5.74, 6) is 0.0797. The molecule has 28 heavy (non-hydrogen) atoms. The van der Waals surface area contributed by atoms with E-state index in [1.807, 2.05) is 42.5 Å². The highest BCUT2D eigenvalue weighted by molar-refractivity contribution is 5.88. The maximum absolute atomic E-state index is 11.5. The van der Waals surface area contributed by atoms with Gasteiger partial charge in [-0.3, -0.25) is 0 Å². The Morgan fingerprint density at radius 1 is 0.821 bits per heavy atom. The van der Waals surface area contributed by atoms with E-state index in [1.54, 1.807) is 19.1 Å². The fourth-order valence-electron chi connectivity index (χ4n) is 2.64. The van der Waals surface area contributed by atoms with Crippen molar-refractivity contribution in [3.8, 4) is 16.9 Å². The van der Waals surface area contributed by atoms with Crippen molar-refractivity contribution in [2.45, 2.75) is 6.92 Å². The van der Waals surface area contributed by atoms with Crippen molar-refractivity contribution in [1.29, 1.82) is 0 Å². The molecule has 0 spiro atoms. The average molecular weight is 366 g/mol. The zero-order chi connectivity index (χ0) is 19.9. The van der Waals surface area contributed by atoms with E-state index in [1.165, 1.54) is 11.1 Å². The lowest BCUT2D eigenvalue weighted by molar-refractivity contribution is -0.130. The first-order valence-corrected chi connectivity index (χ1v) is 9.03. The van der Waals surface area contributed by atoms with E-state index < -0.39 is 5.97 Å². The van der Waals surface area contributed by atoms with Gasteiger partial charge in [-0.05, 0) is 46.9 Å². The second kappa shape index (κ2) is 8.83. The molecule has 3 rings (SSSR count). The van der Waals surface area contributed by atoms with Crippen LogP contribution in [0.2, 0.25) is 0 Å². The molecule has 0 aromatic heterocycles. The first kappa shape index (κ1) is 19.1. The average Bonchev–Trinajstić information content (AvgIpc) is 2.73. The van der Waals surface area contributed by atoms with Gasteiger partial charge in [0.2, 0.25) is 0 Å². The molecule has 0 unspecified atom stereocenters. The van der Waals surface area contributed by atoms with E-state index >= 15 is 0 Å².